The van der Waals surface area contributed by atoms with E-state index in [1.165, 1.54) is 109 Å². The second-order valence-corrected chi connectivity index (χ2v) is 14.1. The summed E-state index contributed by atoms with van der Waals surface area (Å²) in [5, 5.41) is 20.1. The van der Waals surface area contributed by atoms with Crippen LogP contribution in [-0.2, 0) is 19.1 Å². The molecule has 280 valence electrons. The van der Waals surface area contributed by atoms with Gasteiger partial charge in [0.1, 0.15) is 19.3 Å². The van der Waals surface area contributed by atoms with E-state index >= 15 is 0 Å². The maximum absolute atomic E-state index is 12.0. The Labute approximate surface area is 296 Å². The highest BCUT2D eigenvalue weighted by Crippen LogP contribution is 2.15. The zero-order valence-corrected chi connectivity index (χ0v) is 31.5. The molecule has 0 rings (SSSR count). The zero-order chi connectivity index (χ0) is 35.3. The molecule has 0 saturated carbocycles. The Hall–Kier alpha value is -1.92. The number of aliphatic hydroxyl groups excluding tert-OH is 2. The number of hydrogen-bond acceptors (Lipinski definition) is 6. The van der Waals surface area contributed by atoms with Gasteiger partial charge in [-0.25, -0.2) is 0 Å². The lowest BCUT2D eigenvalue weighted by Crippen LogP contribution is -2.25. The van der Waals surface area contributed by atoms with E-state index in [1.54, 1.807) is 6.08 Å². The van der Waals surface area contributed by atoms with Crippen LogP contribution in [0.1, 0.15) is 188 Å². The molecule has 6 nitrogen and oxygen atoms in total. The quantitative estimate of drug-likeness (QED) is 0.0300. The van der Waals surface area contributed by atoms with Gasteiger partial charge in [-0.15, -0.1) is 0 Å². The van der Waals surface area contributed by atoms with Gasteiger partial charge >= 0.3 is 11.9 Å². The summed E-state index contributed by atoms with van der Waals surface area (Å²) in [6.45, 7) is 6.48. The second-order valence-electron chi connectivity index (χ2n) is 14.1. The molecule has 0 radical (unpaired) electrons. The Balaban J connectivity index is 3.60. The van der Waals surface area contributed by atoms with E-state index in [1.807, 2.05) is 12.2 Å². The molecule has 0 spiro atoms. The van der Waals surface area contributed by atoms with Crippen molar-refractivity contribution >= 4 is 11.9 Å². The summed E-state index contributed by atoms with van der Waals surface area (Å²) in [4.78, 5) is 23.9. The van der Waals surface area contributed by atoms with Gasteiger partial charge in [0.25, 0.3) is 0 Å². The first-order valence-corrected chi connectivity index (χ1v) is 20.0. The maximum atomic E-state index is 12.0. The predicted octanol–water partition coefficient (Wildman–Crippen LogP) is 11.3. The third kappa shape index (κ3) is 36.9. The lowest BCUT2D eigenvalue weighted by Gasteiger charge is -2.12. The highest BCUT2D eigenvalue weighted by atomic mass is 16.6. The monoisotopic (exact) mass is 677 g/mol. The largest absolute Gasteiger partial charge is 0.463 e. The molecule has 0 aliphatic carbocycles. The lowest BCUT2D eigenvalue weighted by molar-refractivity contribution is -0.152. The topological polar surface area (TPSA) is 93.1 Å². The van der Waals surface area contributed by atoms with Gasteiger partial charge in [0, 0.05) is 12.8 Å². The van der Waals surface area contributed by atoms with Crippen LogP contribution in [0.4, 0.5) is 0 Å². The number of hydrogen-bond donors (Lipinski definition) is 2. The van der Waals surface area contributed by atoms with Crippen LogP contribution in [0.3, 0.4) is 0 Å². The summed E-state index contributed by atoms with van der Waals surface area (Å²) in [7, 11) is 0. The first-order chi connectivity index (χ1) is 23.3. The van der Waals surface area contributed by atoms with E-state index < -0.39 is 18.2 Å². The minimum Gasteiger partial charge on any atom is -0.463 e. The zero-order valence-electron chi connectivity index (χ0n) is 31.5. The molecule has 0 aromatic heterocycles. The van der Waals surface area contributed by atoms with Crippen molar-refractivity contribution in [3.8, 4) is 0 Å². The molecule has 1 unspecified atom stereocenters. The van der Waals surface area contributed by atoms with E-state index in [-0.39, 0.29) is 25.6 Å². The van der Waals surface area contributed by atoms with E-state index in [4.69, 9.17) is 9.47 Å². The SMILES string of the molecule is CCCCCCCC/C=C/C/C=C/C=C/C(O)CCCC(=O)OC[C@H](O)COC(=O)CCCCCCCCCCCCCCCC(C)C. The molecule has 0 aromatic rings. The van der Waals surface area contributed by atoms with Crippen molar-refractivity contribution < 1.29 is 29.3 Å². The van der Waals surface area contributed by atoms with Crippen LogP contribution in [0.25, 0.3) is 0 Å². The summed E-state index contributed by atoms with van der Waals surface area (Å²) in [6.07, 6.45) is 39.5. The van der Waals surface area contributed by atoms with E-state index in [2.05, 4.69) is 39.0 Å². The van der Waals surface area contributed by atoms with Crippen molar-refractivity contribution in [1.82, 2.24) is 0 Å². The van der Waals surface area contributed by atoms with Crippen molar-refractivity contribution in [1.29, 1.82) is 0 Å². The number of ether oxygens (including phenoxy) is 2. The molecule has 0 amide bonds. The van der Waals surface area contributed by atoms with Crippen LogP contribution in [0.5, 0.6) is 0 Å². The van der Waals surface area contributed by atoms with Gasteiger partial charge in [0.15, 0.2) is 0 Å². The van der Waals surface area contributed by atoms with Crippen molar-refractivity contribution in [3.63, 3.8) is 0 Å². The third-order valence-electron chi connectivity index (χ3n) is 8.66. The number of rotatable bonds is 35. The molecule has 0 saturated heterocycles. The predicted molar refractivity (Wildman–Crippen MR) is 202 cm³/mol. The number of unbranched alkanes of at least 4 members (excludes halogenated alkanes) is 18. The van der Waals surface area contributed by atoms with Crippen LogP contribution in [0.15, 0.2) is 36.5 Å². The van der Waals surface area contributed by atoms with Gasteiger partial charge in [-0.1, -0.05) is 173 Å². The molecular weight excluding hydrogens is 600 g/mol. The smallest absolute Gasteiger partial charge is 0.305 e. The summed E-state index contributed by atoms with van der Waals surface area (Å²) in [5.41, 5.74) is 0. The van der Waals surface area contributed by atoms with Crippen LogP contribution in [0, 0.1) is 5.92 Å². The molecule has 0 fully saturated rings. The van der Waals surface area contributed by atoms with E-state index in [0.717, 1.165) is 38.0 Å². The molecule has 0 aromatic carbocycles. The number of carbonyl (C=O) groups excluding carboxylic acids is 2. The molecular formula is C42H76O6. The van der Waals surface area contributed by atoms with Gasteiger partial charge in [0.2, 0.25) is 0 Å². The maximum Gasteiger partial charge on any atom is 0.305 e. The lowest BCUT2D eigenvalue weighted by atomic mass is 10.0. The summed E-state index contributed by atoms with van der Waals surface area (Å²) in [6, 6.07) is 0. The molecule has 48 heavy (non-hydrogen) atoms. The average Bonchev–Trinajstić information content (AvgIpc) is 3.06. The Bertz CT molecular complexity index is 802. The van der Waals surface area contributed by atoms with Gasteiger partial charge in [-0.05, 0) is 44.4 Å². The van der Waals surface area contributed by atoms with Crippen LogP contribution in [-0.4, -0.2) is 47.6 Å². The van der Waals surface area contributed by atoms with E-state index in [0.29, 0.717) is 19.3 Å². The van der Waals surface area contributed by atoms with Gasteiger partial charge < -0.3 is 19.7 Å². The van der Waals surface area contributed by atoms with Crippen LogP contribution in [0.2, 0.25) is 0 Å². The fourth-order valence-electron chi connectivity index (χ4n) is 5.57. The van der Waals surface area contributed by atoms with Gasteiger partial charge in [0.05, 0.1) is 6.10 Å². The second kappa shape index (κ2) is 36.4. The molecule has 0 aliphatic rings. The number of aliphatic hydroxyl groups is 2. The summed E-state index contributed by atoms with van der Waals surface area (Å²) in [5.74, 6) is 0.0868. The van der Waals surface area contributed by atoms with Crippen molar-refractivity contribution in [2.75, 3.05) is 13.2 Å². The minimum atomic E-state index is -1.03. The standard InChI is InChI=1S/C42H76O6/c1-4-5-6-7-8-9-10-12-16-19-22-25-28-32-39(43)33-30-35-42(46)48-37-40(44)36-47-41(45)34-29-26-23-20-17-14-11-13-15-18-21-24-27-31-38(2)3/h12,16,22,25,28,32,38-40,43-44H,4-11,13-15,17-21,23-24,26-27,29-31,33-37H2,1-3H3/b16-12+,25-22+,32-28+/t39?,40-/m1/s1. The fourth-order valence-corrected chi connectivity index (χ4v) is 5.57. The molecule has 2 N–H and O–H groups in total. The van der Waals surface area contributed by atoms with Crippen molar-refractivity contribution in [2.45, 2.75) is 200 Å². The first kappa shape index (κ1) is 46.1. The minimum absolute atomic E-state index is 0.162. The molecule has 2 atom stereocenters. The van der Waals surface area contributed by atoms with Gasteiger partial charge in [-0.2, -0.15) is 0 Å². The Morgan fingerprint density at radius 1 is 0.562 bits per heavy atom. The Morgan fingerprint density at radius 2 is 1.06 bits per heavy atom. The first-order valence-electron chi connectivity index (χ1n) is 20.0. The number of allylic oxidation sites excluding steroid dienone is 5. The highest BCUT2D eigenvalue weighted by molar-refractivity contribution is 5.69. The van der Waals surface area contributed by atoms with E-state index in [9.17, 15) is 19.8 Å². The number of carbonyl (C=O) groups is 2. The molecule has 6 heteroatoms. The summed E-state index contributed by atoms with van der Waals surface area (Å²) < 4.78 is 10.2. The normalized spacial score (nSPS) is 13.3. The number of esters is 2. The molecule has 0 aliphatic heterocycles. The van der Waals surface area contributed by atoms with Crippen LogP contribution >= 0.6 is 0 Å². The summed E-state index contributed by atoms with van der Waals surface area (Å²) >= 11 is 0. The van der Waals surface area contributed by atoms with Crippen molar-refractivity contribution in [3.05, 3.63) is 36.5 Å². The van der Waals surface area contributed by atoms with Gasteiger partial charge in [-0.3, -0.25) is 9.59 Å². The van der Waals surface area contributed by atoms with Crippen LogP contribution < -0.4 is 0 Å². The molecule has 0 bridgehead atoms. The fraction of sp³-hybridized carbons (Fsp3) is 0.810. The Morgan fingerprint density at radius 3 is 1.62 bits per heavy atom. The third-order valence-corrected chi connectivity index (χ3v) is 8.66. The highest BCUT2D eigenvalue weighted by Gasteiger charge is 2.12. The molecule has 0 heterocycles. The Kier molecular flexibility index (Phi) is 34.9. The average molecular weight is 677 g/mol. The van der Waals surface area contributed by atoms with Crippen molar-refractivity contribution in [2.24, 2.45) is 5.92 Å².